The van der Waals surface area contributed by atoms with Gasteiger partial charge in [-0.05, 0) is 58.2 Å². The highest BCUT2D eigenvalue weighted by Crippen LogP contribution is 2.43. The first kappa shape index (κ1) is 20.8. The second-order valence-electron chi connectivity index (χ2n) is 6.96. The molecule has 0 spiro atoms. The SMILES string of the molecule is CCOc1cc(OCC)cc(C2(C#N)CCC(=O)C(C(=O)OC(C)C)C2)c1. The molecule has 2 unspecified atom stereocenters. The van der Waals surface area contributed by atoms with Gasteiger partial charge in [0.1, 0.15) is 23.2 Å². The van der Waals surface area contributed by atoms with E-state index in [-0.39, 0.29) is 24.7 Å². The van der Waals surface area contributed by atoms with Gasteiger partial charge in [-0.3, -0.25) is 9.59 Å². The van der Waals surface area contributed by atoms with E-state index in [0.717, 1.165) is 0 Å². The van der Waals surface area contributed by atoms with Crippen LogP contribution in [0.3, 0.4) is 0 Å². The van der Waals surface area contributed by atoms with Crippen LogP contribution in [-0.2, 0) is 19.7 Å². The Balaban J connectivity index is 2.42. The van der Waals surface area contributed by atoms with Crippen molar-refractivity contribution in [2.45, 2.75) is 58.5 Å². The molecule has 146 valence electrons. The molecule has 2 atom stereocenters. The fraction of sp³-hybridized carbons (Fsp3) is 0.571. The zero-order chi connectivity index (χ0) is 20.0. The van der Waals surface area contributed by atoms with Crippen molar-refractivity contribution >= 4 is 11.8 Å². The highest BCUT2D eigenvalue weighted by Gasteiger charge is 2.46. The predicted octanol–water partition coefficient (Wildman–Crippen LogP) is 3.57. The number of nitriles is 1. The Morgan fingerprint density at radius 3 is 2.30 bits per heavy atom. The van der Waals surface area contributed by atoms with Crippen molar-refractivity contribution in [1.29, 1.82) is 5.26 Å². The highest BCUT2D eigenvalue weighted by molar-refractivity contribution is 6.00. The molecule has 1 aliphatic carbocycles. The topological polar surface area (TPSA) is 85.6 Å². The summed E-state index contributed by atoms with van der Waals surface area (Å²) < 4.78 is 16.5. The molecule has 0 aromatic heterocycles. The summed E-state index contributed by atoms with van der Waals surface area (Å²) in [6, 6.07) is 7.74. The van der Waals surface area contributed by atoms with Crippen LogP contribution in [0, 0.1) is 17.2 Å². The summed E-state index contributed by atoms with van der Waals surface area (Å²) in [6.45, 7) is 8.20. The Bertz CT molecular complexity index is 712. The number of rotatable bonds is 7. The number of nitrogens with zero attached hydrogens (tertiary/aromatic N) is 1. The molecule has 1 aliphatic rings. The van der Waals surface area contributed by atoms with E-state index >= 15 is 0 Å². The minimum atomic E-state index is -0.965. The first-order chi connectivity index (χ1) is 12.8. The van der Waals surface area contributed by atoms with Gasteiger partial charge in [0.15, 0.2) is 0 Å². The summed E-state index contributed by atoms with van der Waals surface area (Å²) in [7, 11) is 0. The minimum absolute atomic E-state index is 0.106. The molecule has 0 radical (unpaired) electrons. The third kappa shape index (κ3) is 4.79. The van der Waals surface area contributed by atoms with Crippen molar-refractivity contribution in [1.82, 2.24) is 0 Å². The number of benzene rings is 1. The molecule has 2 rings (SSSR count). The number of hydrogen-bond acceptors (Lipinski definition) is 6. The number of ketones is 1. The van der Waals surface area contributed by atoms with Crippen molar-refractivity contribution in [3.63, 3.8) is 0 Å². The van der Waals surface area contributed by atoms with E-state index in [1.54, 1.807) is 32.0 Å². The normalized spacial score (nSPS) is 22.2. The number of ether oxygens (including phenoxy) is 3. The van der Waals surface area contributed by atoms with Gasteiger partial charge in [-0.15, -0.1) is 0 Å². The molecule has 0 heterocycles. The number of carbonyl (C=O) groups is 2. The Hall–Kier alpha value is -2.55. The fourth-order valence-corrected chi connectivity index (χ4v) is 3.38. The largest absolute Gasteiger partial charge is 0.494 e. The van der Waals surface area contributed by atoms with Crippen molar-refractivity contribution in [3.05, 3.63) is 23.8 Å². The molecule has 0 N–H and O–H groups in total. The van der Waals surface area contributed by atoms with Gasteiger partial charge in [0.2, 0.25) is 0 Å². The molecule has 27 heavy (non-hydrogen) atoms. The van der Waals surface area contributed by atoms with Crippen LogP contribution >= 0.6 is 0 Å². The molecule has 0 amide bonds. The number of hydrogen-bond donors (Lipinski definition) is 0. The van der Waals surface area contributed by atoms with E-state index < -0.39 is 17.3 Å². The molecule has 0 aliphatic heterocycles. The van der Waals surface area contributed by atoms with E-state index in [9.17, 15) is 14.9 Å². The van der Waals surface area contributed by atoms with E-state index in [2.05, 4.69) is 6.07 Å². The highest BCUT2D eigenvalue weighted by atomic mass is 16.5. The first-order valence-corrected chi connectivity index (χ1v) is 9.40. The molecule has 0 bridgehead atoms. The van der Waals surface area contributed by atoms with Gasteiger partial charge >= 0.3 is 5.97 Å². The van der Waals surface area contributed by atoms with E-state index in [1.807, 2.05) is 13.8 Å². The Labute approximate surface area is 160 Å². The average molecular weight is 373 g/mol. The molecule has 1 fully saturated rings. The summed E-state index contributed by atoms with van der Waals surface area (Å²) in [5.74, 6) is -0.442. The lowest BCUT2D eigenvalue weighted by atomic mass is 9.66. The quantitative estimate of drug-likeness (QED) is 0.536. The van der Waals surface area contributed by atoms with Crippen LogP contribution in [0.2, 0.25) is 0 Å². The van der Waals surface area contributed by atoms with E-state index in [0.29, 0.717) is 36.7 Å². The summed E-state index contributed by atoms with van der Waals surface area (Å²) in [6.07, 6.45) is 0.313. The Kier molecular flexibility index (Phi) is 6.84. The predicted molar refractivity (Wildman–Crippen MR) is 99.6 cm³/mol. The van der Waals surface area contributed by atoms with Crippen molar-refractivity contribution in [2.24, 2.45) is 5.92 Å². The molecule has 1 aromatic carbocycles. The summed E-state index contributed by atoms with van der Waals surface area (Å²) >= 11 is 0. The van der Waals surface area contributed by atoms with Gasteiger partial charge in [-0.25, -0.2) is 0 Å². The van der Waals surface area contributed by atoms with Crippen LogP contribution in [0.25, 0.3) is 0 Å². The number of Topliss-reactive ketones (excluding diaryl/α,β-unsaturated/α-hetero) is 1. The minimum Gasteiger partial charge on any atom is -0.494 e. The molecular weight excluding hydrogens is 346 g/mol. The summed E-state index contributed by atoms with van der Waals surface area (Å²) in [4.78, 5) is 24.7. The molecule has 6 heteroatoms. The number of carbonyl (C=O) groups excluding carboxylic acids is 2. The Morgan fingerprint density at radius 1 is 1.22 bits per heavy atom. The molecule has 1 saturated carbocycles. The third-order valence-electron chi connectivity index (χ3n) is 4.64. The lowest BCUT2D eigenvalue weighted by molar-refractivity contribution is -0.157. The van der Waals surface area contributed by atoms with Gasteiger partial charge in [-0.1, -0.05) is 0 Å². The third-order valence-corrected chi connectivity index (χ3v) is 4.64. The van der Waals surface area contributed by atoms with Gasteiger partial charge < -0.3 is 14.2 Å². The smallest absolute Gasteiger partial charge is 0.316 e. The summed E-state index contributed by atoms with van der Waals surface area (Å²) in [5, 5.41) is 10.0. The zero-order valence-corrected chi connectivity index (χ0v) is 16.4. The fourth-order valence-electron chi connectivity index (χ4n) is 3.38. The van der Waals surface area contributed by atoms with Crippen LogP contribution in [0.4, 0.5) is 0 Å². The molecule has 0 saturated heterocycles. The number of esters is 1. The molecular formula is C21H27NO5. The van der Waals surface area contributed by atoms with Gasteiger partial charge in [-0.2, -0.15) is 5.26 Å². The van der Waals surface area contributed by atoms with Crippen molar-refractivity contribution < 1.29 is 23.8 Å². The van der Waals surface area contributed by atoms with Gasteiger partial charge in [0.05, 0.1) is 30.8 Å². The maximum Gasteiger partial charge on any atom is 0.316 e. The molecule has 6 nitrogen and oxygen atoms in total. The van der Waals surface area contributed by atoms with Gasteiger partial charge in [0.25, 0.3) is 0 Å². The average Bonchev–Trinajstić information content (AvgIpc) is 2.62. The lowest BCUT2D eigenvalue weighted by Gasteiger charge is -2.35. The van der Waals surface area contributed by atoms with Crippen molar-refractivity contribution in [3.8, 4) is 17.6 Å². The van der Waals surface area contributed by atoms with E-state index in [1.165, 1.54) is 0 Å². The lowest BCUT2D eigenvalue weighted by Crippen LogP contribution is -2.41. The monoisotopic (exact) mass is 373 g/mol. The van der Waals surface area contributed by atoms with Crippen LogP contribution < -0.4 is 9.47 Å². The maximum atomic E-state index is 12.4. The Morgan fingerprint density at radius 2 is 1.81 bits per heavy atom. The molecule has 1 aromatic rings. The van der Waals surface area contributed by atoms with Crippen molar-refractivity contribution in [2.75, 3.05) is 13.2 Å². The standard InChI is InChI=1S/C21H27NO5/c1-5-25-16-9-15(10-17(11-16)26-6-2)21(13-22)8-7-19(23)18(12-21)20(24)27-14(3)4/h9-11,14,18H,5-8,12H2,1-4H3. The summed E-state index contributed by atoms with van der Waals surface area (Å²) in [5.41, 5.74) is -0.262. The maximum absolute atomic E-state index is 12.4. The first-order valence-electron chi connectivity index (χ1n) is 9.40. The second-order valence-corrected chi connectivity index (χ2v) is 6.96. The van der Waals surface area contributed by atoms with Gasteiger partial charge in [0, 0.05) is 12.5 Å². The van der Waals surface area contributed by atoms with Crippen LogP contribution in [0.15, 0.2) is 18.2 Å². The van der Waals surface area contributed by atoms with Crippen LogP contribution in [0.1, 0.15) is 52.5 Å². The zero-order valence-electron chi connectivity index (χ0n) is 16.4. The van der Waals surface area contributed by atoms with E-state index in [4.69, 9.17) is 14.2 Å². The van der Waals surface area contributed by atoms with Crippen LogP contribution in [0.5, 0.6) is 11.5 Å². The second kappa shape index (κ2) is 8.90. The van der Waals surface area contributed by atoms with Crippen LogP contribution in [-0.4, -0.2) is 31.1 Å².